The van der Waals surface area contributed by atoms with Crippen LogP contribution in [0.2, 0.25) is 0 Å². The molecule has 2 aromatic rings. The van der Waals surface area contributed by atoms with Gasteiger partial charge in [-0.2, -0.15) is 11.3 Å². The predicted molar refractivity (Wildman–Crippen MR) is 104 cm³/mol. The number of carbonyl (C=O) groups excluding carboxylic acids is 1. The number of hydrogen-bond acceptors (Lipinski definition) is 5. The average Bonchev–Trinajstić information content (AvgIpc) is 3.12. The van der Waals surface area contributed by atoms with Crippen molar-refractivity contribution in [2.75, 3.05) is 6.61 Å². The van der Waals surface area contributed by atoms with Crippen LogP contribution in [0.5, 0.6) is 5.75 Å². The smallest absolute Gasteiger partial charge is 0.263 e. The summed E-state index contributed by atoms with van der Waals surface area (Å²) in [5.41, 5.74) is 2.12. The number of thioether (sulfide) groups is 1. The lowest BCUT2D eigenvalue weighted by atomic mass is 10.2. The minimum Gasteiger partial charge on any atom is -0.493 e. The molecule has 0 atom stereocenters. The minimum atomic E-state index is -0.163. The van der Waals surface area contributed by atoms with E-state index in [0.717, 1.165) is 22.2 Å². The van der Waals surface area contributed by atoms with Gasteiger partial charge in [0.15, 0.2) is 0 Å². The summed E-state index contributed by atoms with van der Waals surface area (Å²) in [5.74, 6) is 0.589. The van der Waals surface area contributed by atoms with Crippen LogP contribution in [0.15, 0.2) is 44.4 Å². The van der Waals surface area contributed by atoms with Gasteiger partial charge in [0, 0.05) is 16.5 Å². The Morgan fingerprint density at radius 1 is 1.35 bits per heavy atom. The Kier molecular flexibility index (Phi) is 5.53. The molecule has 3 rings (SSSR count). The average molecular weight is 426 g/mol. The monoisotopic (exact) mass is 425 g/mol. The molecule has 23 heavy (non-hydrogen) atoms. The lowest BCUT2D eigenvalue weighted by Crippen LogP contribution is -2.17. The van der Waals surface area contributed by atoms with Crippen LogP contribution in [0.4, 0.5) is 0 Å². The van der Waals surface area contributed by atoms with E-state index in [-0.39, 0.29) is 5.91 Å². The molecule has 0 spiro atoms. The van der Waals surface area contributed by atoms with E-state index >= 15 is 0 Å². The summed E-state index contributed by atoms with van der Waals surface area (Å²) in [6, 6.07) is 7.86. The number of ether oxygens (including phenoxy) is 1. The number of amides is 1. The molecule has 2 heterocycles. The molecule has 3 nitrogen and oxygen atoms in total. The second-order valence-electron chi connectivity index (χ2n) is 4.76. The summed E-state index contributed by atoms with van der Waals surface area (Å²) < 4.78 is 7.32. The first kappa shape index (κ1) is 16.7. The van der Waals surface area contributed by atoms with Crippen LogP contribution in [0.3, 0.4) is 0 Å². The van der Waals surface area contributed by atoms with Crippen molar-refractivity contribution in [2.24, 2.45) is 0 Å². The fourth-order valence-electron chi connectivity index (χ4n) is 2.04. The Morgan fingerprint density at radius 3 is 2.91 bits per heavy atom. The van der Waals surface area contributed by atoms with E-state index in [0.29, 0.717) is 15.8 Å². The molecule has 0 bridgehead atoms. The first-order chi connectivity index (χ1) is 11.1. The lowest BCUT2D eigenvalue weighted by molar-refractivity contribution is -0.115. The third kappa shape index (κ3) is 4.44. The largest absolute Gasteiger partial charge is 0.493 e. The fraction of sp³-hybridized carbons (Fsp3) is 0.125. The maximum Gasteiger partial charge on any atom is 0.263 e. The van der Waals surface area contributed by atoms with E-state index in [1.807, 2.05) is 24.3 Å². The molecular formula is C16H12BrNO2S3. The molecule has 1 aromatic heterocycles. The van der Waals surface area contributed by atoms with Crippen LogP contribution >= 0.6 is 51.2 Å². The van der Waals surface area contributed by atoms with Crippen molar-refractivity contribution in [3.63, 3.8) is 0 Å². The maximum absolute atomic E-state index is 11.8. The van der Waals surface area contributed by atoms with E-state index in [4.69, 9.17) is 17.0 Å². The summed E-state index contributed by atoms with van der Waals surface area (Å²) in [5, 5.41) is 6.80. The summed E-state index contributed by atoms with van der Waals surface area (Å²) in [6.07, 6.45) is 2.67. The summed E-state index contributed by atoms with van der Waals surface area (Å²) in [4.78, 5) is 12.4. The van der Waals surface area contributed by atoms with Crippen molar-refractivity contribution in [2.45, 2.75) is 6.42 Å². The maximum atomic E-state index is 11.8. The zero-order chi connectivity index (χ0) is 16.2. The van der Waals surface area contributed by atoms with E-state index in [9.17, 15) is 4.79 Å². The van der Waals surface area contributed by atoms with Crippen LogP contribution in [-0.2, 0) is 11.2 Å². The lowest BCUT2D eigenvalue weighted by Gasteiger charge is -2.10. The molecule has 1 aromatic carbocycles. The second kappa shape index (κ2) is 7.61. The van der Waals surface area contributed by atoms with Crippen molar-refractivity contribution in [1.82, 2.24) is 5.32 Å². The Labute approximate surface area is 156 Å². The van der Waals surface area contributed by atoms with Gasteiger partial charge in [0.2, 0.25) is 0 Å². The molecule has 0 aliphatic carbocycles. The third-order valence-electron chi connectivity index (χ3n) is 3.13. The first-order valence-electron chi connectivity index (χ1n) is 6.80. The van der Waals surface area contributed by atoms with Gasteiger partial charge in [0.05, 0.1) is 11.5 Å². The topological polar surface area (TPSA) is 38.3 Å². The van der Waals surface area contributed by atoms with Crippen LogP contribution in [0.1, 0.15) is 11.1 Å². The molecule has 0 saturated carbocycles. The summed E-state index contributed by atoms with van der Waals surface area (Å²) >= 11 is 11.4. The van der Waals surface area contributed by atoms with Crippen LogP contribution in [-0.4, -0.2) is 16.8 Å². The molecule has 0 unspecified atom stereocenters. The van der Waals surface area contributed by atoms with Gasteiger partial charge < -0.3 is 10.1 Å². The van der Waals surface area contributed by atoms with E-state index in [2.05, 4.69) is 38.1 Å². The number of thiophene rings is 1. The van der Waals surface area contributed by atoms with Crippen LogP contribution < -0.4 is 10.1 Å². The second-order valence-corrected chi connectivity index (χ2v) is 8.18. The highest BCUT2D eigenvalue weighted by Gasteiger charge is 2.22. The number of nitrogens with one attached hydrogen (secondary N) is 1. The molecule has 7 heteroatoms. The standard InChI is InChI=1S/C16H12BrNO2S3/c17-12-1-2-13(20-5-3-10-4-6-22-9-10)11(7-12)8-14-15(19)18-16(21)23-14/h1-2,4,6-9H,3,5H2,(H,18,19,21)/b14-8+. The van der Waals surface area contributed by atoms with Gasteiger partial charge in [-0.1, -0.05) is 39.9 Å². The molecule has 1 aliphatic heterocycles. The van der Waals surface area contributed by atoms with Gasteiger partial charge in [-0.05, 0) is 46.7 Å². The summed E-state index contributed by atoms with van der Waals surface area (Å²) in [7, 11) is 0. The van der Waals surface area contributed by atoms with Gasteiger partial charge >= 0.3 is 0 Å². The Hall–Kier alpha value is -1.15. The molecule has 1 aliphatic rings. The molecule has 0 radical (unpaired) electrons. The quantitative estimate of drug-likeness (QED) is 0.559. The Morgan fingerprint density at radius 2 is 2.22 bits per heavy atom. The molecule has 1 fully saturated rings. The molecule has 118 valence electrons. The van der Waals surface area contributed by atoms with Gasteiger partial charge in [0.25, 0.3) is 5.91 Å². The summed E-state index contributed by atoms with van der Waals surface area (Å²) in [6.45, 7) is 0.590. The minimum absolute atomic E-state index is 0.163. The molecule has 1 saturated heterocycles. The highest BCUT2D eigenvalue weighted by molar-refractivity contribution is 9.10. The van der Waals surface area contributed by atoms with E-state index in [1.54, 1.807) is 11.3 Å². The van der Waals surface area contributed by atoms with Gasteiger partial charge in [0.1, 0.15) is 10.1 Å². The number of halogens is 1. The number of hydrogen-bond donors (Lipinski definition) is 1. The number of carbonyl (C=O) groups is 1. The molecular weight excluding hydrogens is 414 g/mol. The first-order valence-corrected chi connectivity index (χ1v) is 9.76. The van der Waals surface area contributed by atoms with Gasteiger partial charge in [-0.15, -0.1) is 0 Å². The van der Waals surface area contributed by atoms with Crippen molar-refractivity contribution in [3.8, 4) is 5.75 Å². The SMILES string of the molecule is O=C1NC(=S)S/C1=C/c1cc(Br)ccc1OCCc1ccsc1. The zero-order valence-corrected chi connectivity index (χ0v) is 15.9. The van der Waals surface area contributed by atoms with Gasteiger partial charge in [-0.25, -0.2) is 0 Å². The Bertz CT molecular complexity index is 772. The van der Waals surface area contributed by atoms with Crippen molar-refractivity contribution in [1.29, 1.82) is 0 Å². The highest BCUT2D eigenvalue weighted by atomic mass is 79.9. The fourth-order valence-corrected chi connectivity index (χ4v) is 4.16. The Balaban J connectivity index is 1.76. The van der Waals surface area contributed by atoms with Crippen LogP contribution in [0, 0.1) is 0 Å². The van der Waals surface area contributed by atoms with Crippen molar-refractivity contribution in [3.05, 3.63) is 55.5 Å². The third-order valence-corrected chi connectivity index (χ3v) is 5.52. The van der Waals surface area contributed by atoms with Gasteiger partial charge in [-0.3, -0.25) is 4.79 Å². The highest BCUT2D eigenvalue weighted by Crippen LogP contribution is 2.31. The zero-order valence-electron chi connectivity index (χ0n) is 11.9. The number of rotatable bonds is 5. The molecule has 1 amide bonds. The predicted octanol–water partition coefficient (Wildman–Crippen LogP) is 4.62. The van der Waals surface area contributed by atoms with E-state index < -0.39 is 0 Å². The van der Waals surface area contributed by atoms with Crippen molar-refractivity contribution < 1.29 is 9.53 Å². The number of benzene rings is 1. The number of thiocarbonyl (C=S) groups is 1. The normalized spacial score (nSPS) is 16.0. The van der Waals surface area contributed by atoms with Crippen LogP contribution in [0.25, 0.3) is 6.08 Å². The van der Waals surface area contributed by atoms with Crippen molar-refractivity contribution >= 4 is 67.6 Å². The van der Waals surface area contributed by atoms with E-state index in [1.165, 1.54) is 17.3 Å². The molecule has 1 N–H and O–H groups in total.